The molecule has 5 rings (SSSR count). The second kappa shape index (κ2) is 6.12. The number of nitrogens with one attached hydrogen (secondary N) is 1. The molecule has 1 unspecified atom stereocenters. The first kappa shape index (κ1) is 16.4. The third-order valence-corrected chi connectivity index (χ3v) is 5.98. The van der Waals surface area contributed by atoms with Crippen molar-refractivity contribution in [3.8, 4) is 0 Å². The molecule has 0 spiro atoms. The van der Waals surface area contributed by atoms with Crippen LogP contribution in [0.4, 0.5) is 0 Å². The van der Waals surface area contributed by atoms with Gasteiger partial charge in [-0.25, -0.2) is 4.79 Å². The Labute approximate surface area is 159 Å². The van der Waals surface area contributed by atoms with E-state index in [1.54, 1.807) is 0 Å². The number of hydrogen-bond acceptors (Lipinski definition) is 2. The van der Waals surface area contributed by atoms with Gasteiger partial charge in [-0.15, -0.1) is 0 Å². The number of allylic oxidation sites excluding steroid dienone is 2. The van der Waals surface area contributed by atoms with E-state index in [9.17, 15) is 4.79 Å². The van der Waals surface area contributed by atoms with Gasteiger partial charge < -0.3 is 9.72 Å². The molecule has 0 bridgehead atoms. The van der Waals surface area contributed by atoms with Crippen LogP contribution in [0.5, 0.6) is 0 Å². The van der Waals surface area contributed by atoms with Crippen LogP contribution in [0.2, 0.25) is 0 Å². The van der Waals surface area contributed by atoms with Crippen molar-refractivity contribution >= 4 is 22.4 Å². The van der Waals surface area contributed by atoms with E-state index < -0.39 is 0 Å². The van der Waals surface area contributed by atoms with Gasteiger partial charge in [0.15, 0.2) is 0 Å². The number of esters is 1. The maximum Gasteiger partial charge on any atom is 0.340 e. The standard InChI is InChI=1S/C24H23NO2/c1-14-7-12-20-19(13-14)22(24(26)27-2)23(25-20)21(16-8-9-16)18-11-10-15-5-3-4-6-17(15)18/h3-7,11-13,16,21,25H,8-10H2,1-2H3. The first-order valence-corrected chi connectivity index (χ1v) is 9.66. The summed E-state index contributed by atoms with van der Waals surface area (Å²) >= 11 is 0. The molecule has 1 atom stereocenters. The summed E-state index contributed by atoms with van der Waals surface area (Å²) in [5, 5.41) is 0.967. The minimum Gasteiger partial charge on any atom is -0.465 e. The molecule has 27 heavy (non-hydrogen) atoms. The summed E-state index contributed by atoms with van der Waals surface area (Å²) in [6, 6.07) is 14.9. The fraction of sp³-hybridized carbons (Fsp3) is 0.292. The second-order valence-electron chi connectivity index (χ2n) is 7.79. The number of methoxy groups -OCH3 is 1. The van der Waals surface area contributed by atoms with Gasteiger partial charge in [0, 0.05) is 22.5 Å². The molecule has 0 saturated heterocycles. The summed E-state index contributed by atoms with van der Waals surface area (Å²) in [6.45, 7) is 2.06. The van der Waals surface area contributed by atoms with Crippen molar-refractivity contribution in [2.45, 2.75) is 32.1 Å². The Morgan fingerprint density at radius 3 is 2.78 bits per heavy atom. The molecule has 3 heteroatoms. The van der Waals surface area contributed by atoms with Gasteiger partial charge in [0.1, 0.15) is 0 Å². The first-order valence-electron chi connectivity index (χ1n) is 9.66. The molecule has 1 fully saturated rings. The maximum absolute atomic E-state index is 12.8. The van der Waals surface area contributed by atoms with Crippen molar-refractivity contribution in [1.29, 1.82) is 0 Å². The lowest BCUT2D eigenvalue weighted by Crippen LogP contribution is -2.11. The normalized spacial score (nSPS) is 16.9. The largest absolute Gasteiger partial charge is 0.465 e. The molecule has 1 N–H and O–H groups in total. The van der Waals surface area contributed by atoms with Crippen molar-refractivity contribution in [1.82, 2.24) is 4.98 Å². The molecule has 136 valence electrons. The zero-order valence-corrected chi connectivity index (χ0v) is 15.7. The van der Waals surface area contributed by atoms with Crippen molar-refractivity contribution in [2.75, 3.05) is 7.11 Å². The highest BCUT2D eigenvalue weighted by atomic mass is 16.5. The highest BCUT2D eigenvalue weighted by Gasteiger charge is 2.40. The molecular formula is C24H23NO2. The average Bonchev–Trinajstić information content (AvgIpc) is 3.32. The number of hydrogen-bond donors (Lipinski definition) is 1. The monoisotopic (exact) mass is 357 g/mol. The Morgan fingerprint density at radius 2 is 2.00 bits per heavy atom. The molecule has 2 aliphatic rings. The van der Waals surface area contributed by atoms with Crippen LogP contribution in [0.1, 0.15) is 51.5 Å². The molecule has 0 amide bonds. The van der Waals surface area contributed by atoms with E-state index in [0.29, 0.717) is 11.5 Å². The number of fused-ring (bicyclic) bond motifs is 2. The number of ether oxygens (including phenoxy) is 1. The molecule has 1 saturated carbocycles. The highest BCUT2D eigenvalue weighted by Crippen LogP contribution is 2.52. The van der Waals surface area contributed by atoms with Crippen LogP contribution >= 0.6 is 0 Å². The highest BCUT2D eigenvalue weighted by molar-refractivity contribution is 6.06. The fourth-order valence-electron chi connectivity index (χ4n) is 4.56. The second-order valence-corrected chi connectivity index (χ2v) is 7.79. The quantitative estimate of drug-likeness (QED) is 0.636. The van der Waals surface area contributed by atoms with E-state index in [0.717, 1.165) is 28.6 Å². The van der Waals surface area contributed by atoms with Crippen LogP contribution in [0, 0.1) is 12.8 Å². The van der Waals surface area contributed by atoms with Gasteiger partial charge in [0.05, 0.1) is 12.7 Å². The Hall–Kier alpha value is -2.81. The van der Waals surface area contributed by atoms with E-state index in [-0.39, 0.29) is 11.9 Å². The summed E-state index contributed by atoms with van der Waals surface area (Å²) < 4.78 is 5.19. The van der Waals surface area contributed by atoms with Crippen LogP contribution in [-0.2, 0) is 11.2 Å². The Kier molecular flexibility index (Phi) is 3.71. The van der Waals surface area contributed by atoms with Crippen LogP contribution in [0.15, 0.2) is 48.5 Å². The minimum absolute atomic E-state index is 0.218. The number of carbonyl (C=O) groups is 1. The van der Waals surface area contributed by atoms with E-state index in [2.05, 4.69) is 60.4 Å². The predicted molar refractivity (Wildman–Crippen MR) is 108 cm³/mol. The third-order valence-electron chi connectivity index (χ3n) is 5.98. The zero-order chi connectivity index (χ0) is 18.5. The third kappa shape index (κ3) is 2.61. The maximum atomic E-state index is 12.8. The molecule has 0 radical (unpaired) electrons. The van der Waals surface area contributed by atoms with Crippen molar-refractivity contribution < 1.29 is 9.53 Å². The van der Waals surface area contributed by atoms with Gasteiger partial charge in [-0.1, -0.05) is 42.0 Å². The molecular weight excluding hydrogens is 334 g/mol. The number of H-pyrrole nitrogens is 1. The molecule has 3 aromatic rings. The molecule has 3 nitrogen and oxygen atoms in total. The number of aromatic nitrogens is 1. The molecule has 1 aromatic heterocycles. The van der Waals surface area contributed by atoms with Crippen LogP contribution in [-0.4, -0.2) is 18.1 Å². The summed E-state index contributed by atoms with van der Waals surface area (Å²) in [4.78, 5) is 16.4. The molecule has 0 aliphatic heterocycles. The van der Waals surface area contributed by atoms with Crippen LogP contribution in [0.25, 0.3) is 16.5 Å². The van der Waals surface area contributed by atoms with Gasteiger partial charge in [0.25, 0.3) is 0 Å². The van der Waals surface area contributed by atoms with Gasteiger partial charge in [-0.05, 0) is 60.9 Å². The van der Waals surface area contributed by atoms with Crippen molar-refractivity contribution in [3.05, 3.63) is 76.5 Å². The van der Waals surface area contributed by atoms with E-state index in [4.69, 9.17) is 4.74 Å². The summed E-state index contributed by atoms with van der Waals surface area (Å²) in [6.07, 6.45) is 5.74. The Morgan fingerprint density at radius 1 is 1.19 bits per heavy atom. The first-order chi connectivity index (χ1) is 13.2. The zero-order valence-electron chi connectivity index (χ0n) is 15.7. The van der Waals surface area contributed by atoms with Gasteiger partial charge in [-0.3, -0.25) is 0 Å². The smallest absolute Gasteiger partial charge is 0.340 e. The predicted octanol–water partition coefficient (Wildman–Crippen LogP) is 5.40. The minimum atomic E-state index is -0.251. The number of aryl methyl sites for hydroxylation is 1. The lowest BCUT2D eigenvalue weighted by molar-refractivity contribution is 0.0601. The Balaban J connectivity index is 1.72. The van der Waals surface area contributed by atoms with Gasteiger partial charge >= 0.3 is 5.97 Å². The number of carbonyl (C=O) groups excluding carboxylic acids is 1. The van der Waals surface area contributed by atoms with Crippen molar-refractivity contribution in [3.63, 3.8) is 0 Å². The SMILES string of the molecule is COC(=O)c1c(C(C2=CCc3ccccc32)C2CC2)[nH]c2ccc(C)cc12. The van der Waals surface area contributed by atoms with E-state index >= 15 is 0 Å². The number of rotatable bonds is 4. The topological polar surface area (TPSA) is 42.1 Å². The van der Waals surface area contributed by atoms with E-state index in [1.807, 2.05) is 0 Å². The molecule has 2 aliphatic carbocycles. The number of aromatic amines is 1. The van der Waals surface area contributed by atoms with Crippen LogP contribution in [0.3, 0.4) is 0 Å². The number of benzene rings is 2. The molecule has 1 heterocycles. The summed E-state index contributed by atoms with van der Waals surface area (Å²) in [5.41, 5.74) is 7.96. The lowest BCUT2D eigenvalue weighted by Gasteiger charge is -2.20. The van der Waals surface area contributed by atoms with Crippen molar-refractivity contribution in [2.24, 2.45) is 5.92 Å². The Bertz CT molecular complexity index is 1080. The molecule has 2 aromatic carbocycles. The lowest BCUT2D eigenvalue weighted by atomic mass is 9.85. The summed E-state index contributed by atoms with van der Waals surface area (Å²) in [7, 11) is 1.47. The van der Waals surface area contributed by atoms with E-state index in [1.165, 1.54) is 36.7 Å². The van der Waals surface area contributed by atoms with Gasteiger partial charge in [0.2, 0.25) is 0 Å². The average molecular weight is 357 g/mol. The van der Waals surface area contributed by atoms with Gasteiger partial charge in [-0.2, -0.15) is 0 Å². The summed E-state index contributed by atoms with van der Waals surface area (Å²) in [5.74, 6) is 0.551. The fourth-order valence-corrected chi connectivity index (χ4v) is 4.56. The van der Waals surface area contributed by atoms with Crippen LogP contribution < -0.4 is 0 Å².